The zero-order valence-corrected chi connectivity index (χ0v) is 22.0. The van der Waals surface area contributed by atoms with Gasteiger partial charge in [-0.2, -0.15) is 0 Å². The molecule has 33 heavy (non-hydrogen) atoms. The van der Waals surface area contributed by atoms with Crippen LogP contribution in [0.2, 0.25) is 0 Å². The van der Waals surface area contributed by atoms with Crippen molar-refractivity contribution >= 4 is 62.1 Å². The Kier molecular flexibility index (Phi) is 7.07. The van der Waals surface area contributed by atoms with Gasteiger partial charge >= 0.3 is 6.03 Å². The van der Waals surface area contributed by atoms with Crippen molar-refractivity contribution in [1.29, 1.82) is 0 Å². The van der Waals surface area contributed by atoms with Gasteiger partial charge in [-0.05, 0) is 62.3 Å². The van der Waals surface area contributed by atoms with Crippen molar-refractivity contribution in [3.8, 4) is 11.1 Å². The number of hydrogen-bond acceptors (Lipinski definition) is 5. The van der Waals surface area contributed by atoms with Crippen LogP contribution in [0.4, 0.5) is 10.5 Å². The lowest BCUT2D eigenvalue weighted by Crippen LogP contribution is -2.36. The first-order valence-corrected chi connectivity index (χ1v) is 13.5. The Morgan fingerprint density at radius 1 is 1.09 bits per heavy atom. The standard InChI is InChI=1S/C25H24BrN3O2S2/c1-14-5-10-19-18(11-14)22(16-6-8-17(26)9-7-16)20(31-19)13-29(25(27)30)23-21(32-3)12-15(2)28-24(23)33-4/h5-12H,13H2,1-4H3,(H2,27,30). The third kappa shape index (κ3) is 4.78. The predicted octanol–water partition coefficient (Wildman–Crippen LogP) is 7.40. The summed E-state index contributed by atoms with van der Waals surface area (Å²) in [6.45, 7) is 4.20. The molecule has 0 fully saturated rings. The van der Waals surface area contributed by atoms with Gasteiger partial charge in [-0.3, -0.25) is 4.90 Å². The van der Waals surface area contributed by atoms with Crippen LogP contribution < -0.4 is 10.6 Å². The number of halogens is 1. The predicted molar refractivity (Wildman–Crippen MR) is 142 cm³/mol. The van der Waals surface area contributed by atoms with E-state index in [9.17, 15) is 4.79 Å². The molecule has 0 unspecified atom stereocenters. The van der Waals surface area contributed by atoms with Crippen LogP contribution in [-0.2, 0) is 6.54 Å². The van der Waals surface area contributed by atoms with E-state index in [1.54, 1.807) is 16.7 Å². The highest BCUT2D eigenvalue weighted by Crippen LogP contribution is 2.41. The number of carbonyl (C=O) groups is 1. The summed E-state index contributed by atoms with van der Waals surface area (Å²) in [5.41, 5.74) is 11.4. The first-order chi connectivity index (χ1) is 15.8. The molecule has 8 heteroatoms. The minimum atomic E-state index is -0.551. The number of primary amides is 1. The lowest BCUT2D eigenvalue weighted by molar-refractivity contribution is 0.253. The van der Waals surface area contributed by atoms with Gasteiger partial charge in [0.25, 0.3) is 0 Å². The Bertz CT molecular complexity index is 1310. The second-order valence-corrected chi connectivity index (χ2v) is 10.2. The van der Waals surface area contributed by atoms with Crippen molar-refractivity contribution in [3.63, 3.8) is 0 Å². The van der Waals surface area contributed by atoms with Crippen LogP contribution in [0.25, 0.3) is 22.1 Å². The molecule has 0 saturated heterocycles. The number of nitrogens with zero attached hydrogens (tertiary/aromatic N) is 2. The maximum absolute atomic E-state index is 12.7. The van der Waals surface area contributed by atoms with Gasteiger partial charge in [0.05, 0.1) is 12.2 Å². The van der Waals surface area contributed by atoms with E-state index in [-0.39, 0.29) is 6.54 Å². The van der Waals surface area contributed by atoms with E-state index in [0.717, 1.165) is 47.7 Å². The molecule has 2 heterocycles. The molecule has 2 N–H and O–H groups in total. The number of pyridine rings is 1. The average molecular weight is 543 g/mol. The van der Waals surface area contributed by atoms with Crippen molar-refractivity contribution < 1.29 is 9.21 Å². The Morgan fingerprint density at radius 3 is 2.45 bits per heavy atom. The third-order valence-electron chi connectivity index (χ3n) is 5.35. The molecule has 5 nitrogen and oxygen atoms in total. The fourth-order valence-corrected chi connectivity index (χ4v) is 5.54. The zero-order valence-electron chi connectivity index (χ0n) is 18.8. The molecule has 0 aliphatic heterocycles. The summed E-state index contributed by atoms with van der Waals surface area (Å²) in [6.07, 6.45) is 3.94. The molecule has 4 aromatic rings. The number of thioether (sulfide) groups is 2. The monoisotopic (exact) mass is 541 g/mol. The average Bonchev–Trinajstić information content (AvgIpc) is 3.14. The molecular formula is C25H24BrN3O2S2. The van der Waals surface area contributed by atoms with E-state index in [2.05, 4.69) is 33.9 Å². The highest BCUT2D eigenvalue weighted by atomic mass is 79.9. The van der Waals surface area contributed by atoms with E-state index < -0.39 is 6.03 Å². The molecule has 0 aliphatic carbocycles. The molecule has 4 rings (SSSR count). The molecule has 2 aromatic heterocycles. The summed E-state index contributed by atoms with van der Waals surface area (Å²) in [4.78, 5) is 19.9. The molecule has 2 aromatic carbocycles. The Balaban J connectivity index is 1.91. The van der Waals surface area contributed by atoms with Crippen molar-refractivity contribution in [2.24, 2.45) is 5.73 Å². The minimum Gasteiger partial charge on any atom is -0.458 e. The van der Waals surface area contributed by atoms with Crippen LogP contribution in [0.3, 0.4) is 0 Å². The zero-order chi connectivity index (χ0) is 23.7. The smallest absolute Gasteiger partial charge is 0.319 e. The normalized spacial score (nSPS) is 11.2. The van der Waals surface area contributed by atoms with Gasteiger partial charge in [0, 0.05) is 26.0 Å². The number of furan rings is 1. The van der Waals surface area contributed by atoms with Crippen molar-refractivity contribution in [1.82, 2.24) is 4.98 Å². The van der Waals surface area contributed by atoms with E-state index >= 15 is 0 Å². The maximum Gasteiger partial charge on any atom is 0.319 e. The molecule has 0 atom stereocenters. The number of nitrogens with two attached hydrogens (primary N) is 1. The summed E-state index contributed by atoms with van der Waals surface area (Å²) in [6, 6.07) is 15.6. The molecule has 2 amide bonds. The molecule has 0 bridgehead atoms. The lowest BCUT2D eigenvalue weighted by atomic mass is 10.0. The molecule has 0 aliphatic rings. The highest BCUT2D eigenvalue weighted by Gasteiger charge is 2.26. The van der Waals surface area contributed by atoms with Crippen LogP contribution in [0.1, 0.15) is 17.0 Å². The number of carbonyl (C=O) groups excluding carboxylic acids is 1. The number of fused-ring (bicyclic) bond motifs is 1. The number of aromatic nitrogens is 1. The quantitative estimate of drug-likeness (QED) is 0.257. The van der Waals surface area contributed by atoms with Gasteiger partial charge in [0.15, 0.2) is 0 Å². The fourth-order valence-electron chi connectivity index (χ4n) is 3.87. The largest absolute Gasteiger partial charge is 0.458 e. The second-order valence-electron chi connectivity index (χ2n) is 7.65. The van der Waals surface area contributed by atoms with E-state index in [1.807, 2.05) is 61.9 Å². The number of rotatable bonds is 6. The number of anilines is 1. The molecule has 0 radical (unpaired) electrons. The second kappa shape index (κ2) is 9.83. The van der Waals surface area contributed by atoms with Crippen molar-refractivity contribution in [3.05, 3.63) is 70.0 Å². The molecule has 0 spiro atoms. The van der Waals surface area contributed by atoms with Gasteiger partial charge in [-0.1, -0.05) is 39.7 Å². The number of benzene rings is 2. The number of amides is 2. The Hall–Kier alpha value is -2.42. The van der Waals surface area contributed by atoms with Crippen molar-refractivity contribution in [2.75, 3.05) is 17.4 Å². The summed E-state index contributed by atoms with van der Waals surface area (Å²) < 4.78 is 7.31. The number of urea groups is 1. The topological polar surface area (TPSA) is 72.4 Å². The lowest BCUT2D eigenvalue weighted by Gasteiger charge is -2.24. The van der Waals surface area contributed by atoms with E-state index in [1.165, 1.54) is 11.8 Å². The van der Waals surface area contributed by atoms with Gasteiger partial charge in [-0.15, -0.1) is 23.5 Å². The Labute approximate surface area is 210 Å². The maximum atomic E-state index is 12.7. The summed E-state index contributed by atoms with van der Waals surface area (Å²) in [5.74, 6) is 0.677. The van der Waals surface area contributed by atoms with Crippen molar-refractivity contribution in [2.45, 2.75) is 30.3 Å². The molecule has 0 saturated carbocycles. The van der Waals surface area contributed by atoms with Gasteiger partial charge in [0.1, 0.15) is 16.4 Å². The first-order valence-electron chi connectivity index (χ1n) is 10.3. The molecule has 170 valence electrons. The summed E-state index contributed by atoms with van der Waals surface area (Å²) in [7, 11) is 0. The first kappa shape index (κ1) is 23.7. The van der Waals surface area contributed by atoms with Crippen LogP contribution in [0, 0.1) is 13.8 Å². The van der Waals surface area contributed by atoms with Gasteiger partial charge in [0.2, 0.25) is 0 Å². The minimum absolute atomic E-state index is 0.195. The Morgan fingerprint density at radius 2 is 1.82 bits per heavy atom. The highest BCUT2D eigenvalue weighted by molar-refractivity contribution is 9.10. The third-order valence-corrected chi connectivity index (χ3v) is 7.31. The summed E-state index contributed by atoms with van der Waals surface area (Å²) in [5, 5.41) is 1.77. The van der Waals surface area contributed by atoms with Crippen LogP contribution >= 0.6 is 39.5 Å². The van der Waals surface area contributed by atoms with Crippen LogP contribution in [-0.4, -0.2) is 23.5 Å². The number of aryl methyl sites for hydroxylation is 2. The van der Waals surface area contributed by atoms with Gasteiger partial charge < -0.3 is 10.2 Å². The molecular weight excluding hydrogens is 518 g/mol. The summed E-state index contributed by atoms with van der Waals surface area (Å²) >= 11 is 6.57. The SMILES string of the molecule is CSc1cc(C)nc(SC)c1N(Cc1oc2ccc(C)cc2c1-c1ccc(Br)cc1)C(N)=O. The van der Waals surface area contributed by atoms with E-state index in [0.29, 0.717) is 11.4 Å². The van der Waals surface area contributed by atoms with Gasteiger partial charge in [-0.25, -0.2) is 9.78 Å². The van der Waals surface area contributed by atoms with E-state index in [4.69, 9.17) is 10.2 Å². The van der Waals surface area contributed by atoms with Crippen LogP contribution in [0.15, 0.2) is 67.3 Å². The fraction of sp³-hybridized carbons (Fsp3) is 0.200. The number of hydrogen-bond donors (Lipinski definition) is 1. The van der Waals surface area contributed by atoms with Crippen LogP contribution in [0.5, 0.6) is 0 Å².